The average Bonchev–Trinajstić information content (AvgIpc) is 2.47. The Labute approximate surface area is 118 Å². The Balaban J connectivity index is 1.89. The molecule has 0 aliphatic carbocycles. The van der Waals surface area contributed by atoms with Gasteiger partial charge in [0.05, 0.1) is 6.54 Å². The number of hydrogen-bond donors (Lipinski definition) is 1. The monoisotopic (exact) mass is 274 g/mol. The summed E-state index contributed by atoms with van der Waals surface area (Å²) in [5, 5.41) is 0. The molecule has 0 saturated heterocycles. The molecule has 0 radical (unpaired) electrons. The van der Waals surface area contributed by atoms with Gasteiger partial charge in [0.15, 0.2) is 0 Å². The van der Waals surface area contributed by atoms with Crippen molar-refractivity contribution >= 4 is 5.69 Å². The van der Waals surface area contributed by atoms with Crippen LogP contribution in [0.5, 0.6) is 5.75 Å². The number of ether oxygens (including phenoxy) is 1. The molecule has 0 heterocycles. The van der Waals surface area contributed by atoms with Gasteiger partial charge in [-0.1, -0.05) is 24.3 Å². The Morgan fingerprint density at radius 2 is 1.95 bits per heavy atom. The molecule has 2 aromatic rings. The van der Waals surface area contributed by atoms with E-state index in [1.54, 1.807) is 6.07 Å². The summed E-state index contributed by atoms with van der Waals surface area (Å²) in [5.74, 6) is 0.575. The van der Waals surface area contributed by atoms with Gasteiger partial charge in [0.2, 0.25) is 0 Å². The number of nitrogens with two attached hydrogens (primary N) is 1. The zero-order valence-electron chi connectivity index (χ0n) is 11.6. The van der Waals surface area contributed by atoms with E-state index in [0.717, 1.165) is 17.0 Å². The van der Waals surface area contributed by atoms with Crippen LogP contribution in [-0.2, 0) is 6.54 Å². The van der Waals surface area contributed by atoms with Crippen molar-refractivity contribution in [2.24, 2.45) is 5.73 Å². The summed E-state index contributed by atoms with van der Waals surface area (Å²) in [5.41, 5.74) is 7.48. The van der Waals surface area contributed by atoms with Gasteiger partial charge in [-0.25, -0.2) is 4.39 Å². The normalized spacial score (nSPS) is 10.3. The van der Waals surface area contributed by atoms with Crippen LogP contribution in [0, 0.1) is 5.82 Å². The molecule has 4 heteroatoms. The van der Waals surface area contributed by atoms with E-state index in [1.807, 2.05) is 42.3 Å². The summed E-state index contributed by atoms with van der Waals surface area (Å²) in [4.78, 5) is 1.95. The molecule has 0 fully saturated rings. The average molecular weight is 274 g/mol. The number of nitrogens with zero attached hydrogens (tertiary/aromatic N) is 1. The molecule has 20 heavy (non-hydrogen) atoms. The minimum Gasteiger partial charge on any atom is -0.491 e. The second-order valence-corrected chi connectivity index (χ2v) is 4.56. The maximum absolute atomic E-state index is 13.1. The maximum atomic E-state index is 13.1. The fraction of sp³-hybridized carbons (Fsp3) is 0.250. The highest BCUT2D eigenvalue weighted by Crippen LogP contribution is 2.18. The predicted molar refractivity (Wildman–Crippen MR) is 79.5 cm³/mol. The quantitative estimate of drug-likeness (QED) is 0.880. The molecule has 0 aliphatic rings. The van der Waals surface area contributed by atoms with Crippen LogP contribution >= 0.6 is 0 Å². The second-order valence-electron chi connectivity index (χ2n) is 4.56. The SMILES string of the molecule is CN(CCOc1ccccc1CN)c1cccc(F)c1. The summed E-state index contributed by atoms with van der Waals surface area (Å²) < 4.78 is 18.9. The molecule has 2 rings (SSSR count). The van der Waals surface area contributed by atoms with Gasteiger partial charge in [-0.3, -0.25) is 0 Å². The lowest BCUT2D eigenvalue weighted by Crippen LogP contribution is -2.24. The summed E-state index contributed by atoms with van der Waals surface area (Å²) in [7, 11) is 1.91. The summed E-state index contributed by atoms with van der Waals surface area (Å²) >= 11 is 0. The molecule has 2 aromatic carbocycles. The Morgan fingerprint density at radius 1 is 1.15 bits per heavy atom. The largest absolute Gasteiger partial charge is 0.491 e. The first kappa shape index (κ1) is 14.3. The Bertz CT molecular complexity index is 560. The molecule has 0 amide bonds. The minimum absolute atomic E-state index is 0.233. The fourth-order valence-electron chi connectivity index (χ4n) is 1.95. The van der Waals surface area contributed by atoms with Crippen molar-refractivity contribution in [3.05, 3.63) is 59.9 Å². The van der Waals surface area contributed by atoms with E-state index in [4.69, 9.17) is 10.5 Å². The van der Waals surface area contributed by atoms with E-state index in [1.165, 1.54) is 12.1 Å². The van der Waals surface area contributed by atoms with Gasteiger partial charge in [-0.15, -0.1) is 0 Å². The number of benzene rings is 2. The van der Waals surface area contributed by atoms with Crippen molar-refractivity contribution in [2.75, 3.05) is 25.1 Å². The lowest BCUT2D eigenvalue weighted by molar-refractivity contribution is 0.322. The lowest BCUT2D eigenvalue weighted by Gasteiger charge is -2.20. The highest BCUT2D eigenvalue weighted by Gasteiger charge is 2.04. The Morgan fingerprint density at radius 3 is 2.70 bits per heavy atom. The molecule has 0 aromatic heterocycles. The van der Waals surface area contributed by atoms with Crippen molar-refractivity contribution in [3.8, 4) is 5.75 Å². The van der Waals surface area contributed by atoms with Gasteiger partial charge >= 0.3 is 0 Å². The minimum atomic E-state index is -0.233. The Hall–Kier alpha value is -2.07. The molecule has 106 valence electrons. The van der Waals surface area contributed by atoms with E-state index >= 15 is 0 Å². The molecule has 3 nitrogen and oxygen atoms in total. The van der Waals surface area contributed by atoms with Gasteiger partial charge in [0.25, 0.3) is 0 Å². The van der Waals surface area contributed by atoms with E-state index in [0.29, 0.717) is 19.7 Å². The van der Waals surface area contributed by atoms with Crippen molar-refractivity contribution < 1.29 is 9.13 Å². The van der Waals surface area contributed by atoms with Crippen LogP contribution in [0.3, 0.4) is 0 Å². The van der Waals surface area contributed by atoms with Crippen molar-refractivity contribution in [3.63, 3.8) is 0 Å². The van der Waals surface area contributed by atoms with E-state index in [2.05, 4.69) is 0 Å². The molecule has 0 atom stereocenters. The summed E-state index contributed by atoms with van der Waals surface area (Å²) in [6, 6.07) is 14.2. The van der Waals surface area contributed by atoms with Crippen LogP contribution < -0.4 is 15.4 Å². The number of hydrogen-bond acceptors (Lipinski definition) is 3. The first-order chi connectivity index (χ1) is 9.70. The molecule has 0 spiro atoms. The van der Waals surface area contributed by atoms with Gasteiger partial charge in [-0.05, 0) is 24.3 Å². The van der Waals surface area contributed by atoms with Crippen molar-refractivity contribution in [1.29, 1.82) is 0 Å². The number of anilines is 1. The molecular weight excluding hydrogens is 255 g/mol. The lowest BCUT2D eigenvalue weighted by atomic mass is 10.2. The maximum Gasteiger partial charge on any atom is 0.125 e. The standard InChI is InChI=1S/C16H19FN2O/c1-19(15-7-4-6-14(17)11-15)9-10-20-16-8-3-2-5-13(16)12-18/h2-8,11H,9-10,12,18H2,1H3. The molecule has 0 bridgehead atoms. The highest BCUT2D eigenvalue weighted by atomic mass is 19.1. The summed E-state index contributed by atoms with van der Waals surface area (Å²) in [6.45, 7) is 1.64. The van der Waals surface area contributed by atoms with E-state index in [9.17, 15) is 4.39 Å². The Kier molecular flexibility index (Phi) is 4.96. The molecule has 0 unspecified atom stereocenters. The second kappa shape index (κ2) is 6.91. The third-order valence-electron chi connectivity index (χ3n) is 3.13. The third kappa shape index (κ3) is 3.71. The fourth-order valence-corrected chi connectivity index (χ4v) is 1.95. The van der Waals surface area contributed by atoms with Gasteiger partial charge in [0, 0.05) is 24.8 Å². The van der Waals surface area contributed by atoms with Crippen LogP contribution in [0.25, 0.3) is 0 Å². The molecular formula is C16H19FN2O. The topological polar surface area (TPSA) is 38.5 Å². The van der Waals surface area contributed by atoms with Gasteiger partial charge in [0.1, 0.15) is 18.2 Å². The van der Waals surface area contributed by atoms with E-state index < -0.39 is 0 Å². The third-order valence-corrected chi connectivity index (χ3v) is 3.13. The summed E-state index contributed by atoms with van der Waals surface area (Å²) in [6.07, 6.45) is 0. The van der Waals surface area contributed by atoms with Crippen molar-refractivity contribution in [1.82, 2.24) is 0 Å². The molecule has 0 saturated carbocycles. The van der Waals surface area contributed by atoms with Crippen LogP contribution in [0.4, 0.5) is 10.1 Å². The van der Waals surface area contributed by atoms with E-state index in [-0.39, 0.29) is 5.82 Å². The number of para-hydroxylation sites is 1. The zero-order valence-corrected chi connectivity index (χ0v) is 11.6. The van der Waals surface area contributed by atoms with Crippen LogP contribution in [0.2, 0.25) is 0 Å². The van der Waals surface area contributed by atoms with Crippen LogP contribution in [-0.4, -0.2) is 20.2 Å². The van der Waals surface area contributed by atoms with Gasteiger partial charge in [-0.2, -0.15) is 0 Å². The van der Waals surface area contributed by atoms with Gasteiger partial charge < -0.3 is 15.4 Å². The first-order valence-electron chi connectivity index (χ1n) is 6.58. The molecule has 2 N–H and O–H groups in total. The smallest absolute Gasteiger partial charge is 0.125 e. The number of rotatable bonds is 6. The predicted octanol–water partition coefficient (Wildman–Crippen LogP) is 2.80. The van der Waals surface area contributed by atoms with Crippen LogP contribution in [0.1, 0.15) is 5.56 Å². The zero-order chi connectivity index (χ0) is 14.4. The first-order valence-corrected chi connectivity index (χ1v) is 6.58. The molecule has 0 aliphatic heterocycles. The van der Waals surface area contributed by atoms with Crippen LogP contribution in [0.15, 0.2) is 48.5 Å². The number of likely N-dealkylation sites (N-methyl/N-ethyl adjacent to an activating group) is 1. The highest BCUT2D eigenvalue weighted by molar-refractivity contribution is 5.45. The number of halogens is 1. The van der Waals surface area contributed by atoms with Crippen molar-refractivity contribution in [2.45, 2.75) is 6.54 Å².